The maximum Gasteiger partial charge on any atom is 0.321 e. The third-order valence-electron chi connectivity index (χ3n) is 7.16. The predicted octanol–water partition coefficient (Wildman–Crippen LogP) is 4.58. The van der Waals surface area contributed by atoms with Crippen LogP contribution in [0.4, 0.5) is 16.2 Å². The molecule has 3 heterocycles. The molecule has 2 saturated heterocycles. The topological polar surface area (TPSA) is 73.8 Å². The Bertz CT molecular complexity index is 1180. The van der Waals surface area contributed by atoms with Gasteiger partial charge in [0.05, 0.1) is 17.3 Å². The van der Waals surface area contributed by atoms with E-state index in [1.807, 2.05) is 43.0 Å². The van der Waals surface area contributed by atoms with E-state index in [1.165, 1.54) is 5.69 Å². The number of likely N-dealkylation sites (N-methyl/N-ethyl adjacent to an activating group) is 1. The van der Waals surface area contributed by atoms with Gasteiger partial charge in [-0.05, 0) is 76.2 Å². The van der Waals surface area contributed by atoms with Crippen molar-refractivity contribution in [1.82, 2.24) is 19.8 Å². The molecule has 36 heavy (non-hydrogen) atoms. The van der Waals surface area contributed by atoms with Gasteiger partial charge in [-0.25, -0.2) is 14.8 Å². The molecule has 8 heteroatoms. The van der Waals surface area contributed by atoms with Crippen LogP contribution in [0.1, 0.15) is 38.3 Å². The van der Waals surface area contributed by atoms with Crippen LogP contribution in [0.15, 0.2) is 48.8 Å². The number of carbonyl (C=O) groups excluding carboxylic acids is 1. The van der Waals surface area contributed by atoms with Crippen molar-refractivity contribution < 1.29 is 9.53 Å². The minimum absolute atomic E-state index is 0.0594. The van der Waals surface area contributed by atoms with Crippen LogP contribution in [0.3, 0.4) is 0 Å². The summed E-state index contributed by atoms with van der Waals surface area (Å²) in [5.41, 5.74) is 4.12. The van der Waals surface area contributed by atoms with Gasteiger partial charge in [-0.15, -0.1) is 0 Å². The van der Waals surface area contributed by atoms with Crippen molar-refractivity contribution in [2.24, 2.45) is 0 Å². The average molecular weight is 489 g/mol. The summed E-state index contributed by atoms with van der Waals surface area (Å²) in [5, 5.41) is 4.16. The van der Waals surface area contributed by atoms with Crippen LogP contribution in [0.25, 0.3) is 10.9 Å². The average Bonchev–Trinajstić information content (AvgIpc) is 2.89. The number of piperidine rings is 1. The number of ether oxygens (including phenoxy) is 1. The van der Waals surface area contributed by atoms with Crippen LogP contribution in [0, 0.1) is 0 Å². The molecule has 2 amide bonds. The normalized spacial score (nSPS) is 17.6. The molecule has 1 N–H and O–H groups in total. The maximum absolute atomic E-state index is 12.9. The van der Waals surface area contributed by atoms with Gasteiger partial charge in [0.1, 0.15) is 12.1 Å². The predicted molar refractivity (Wildman–Crippen MR) is 144 cm³/mol. The highest BCUT2D eigenvalue weighted by atomic mass is 16.5. The first-order valence-corrected chi connectivity index (χ1v) is 13.0. The Balaban J connectivity index is 1.23. The van der Waals surface area contributed by atoms with E-state index in [1.54, 1.807) is 6.33 Å². The number of urea groups is 1. The van der Waals surface area contributed by atoms with Gasteiger partial charge in [0.15, 0.2) is 0 Å². The molecule has 1 aromatic heterocycles. The largest absolute Gasteiger partial charge is 0.491 e. The summed E-state index contributed by atoms with van der Waals surface area (Å²) in [6.45, 7) is 9.62. The number of hydrogen-bond acceptors (Lipinski definition) is 6. The molecule has 5 rings (SSSR count). The molecule has 190 valence electrons. The Morgan fingerprint density at radius 1 is 0.972 bits per heavy atom. The van der Waals surface area contributed by atoms with Crippen molar-refractivity contribution in [2.75, 3.05) is 56.5 Å². The number of aromatic nitrogens is 2. The Morgan fingerprint density at radius 2 is 1.69 bits per heavy atom. The molecule has 0 unspecified atom stereocenters. The summed E-state index contributed by atoms with van der Waals surface area (Å²) >= 11 is 0. The highest BCUT2D eigenvalue weighted by Crippen LogP contribution is 2.33. The van der Waals surface area contributed by atoms with E-state index in [-0.39, 0.29) is 12.1 Å². The Labute approximate surface area is 213 Å². The van der Waals surface area contributed by atoms with Crippen molar-refractivity contribution in [3.63, 3.8) is 0 Å². The zero-order valence-electron chi connectivity index (χ0n) is 21.5. The number of carbonyl (C=O) groups is 1. The standard InChI is InChI=1S/C28H36N6O2/c1-20(2)36-24-7-4-22(5-8-24)31-28(35)34-12-10-21(11-13-34)27-25-18-23(6-9-26(25)29-19-30-27)33-16-14-32(3)15-17-33/h4-9,18-21H,10-17H2,1-3H3,(H,31,35). The molecule has 3 aromatic rings. The van der Waals surface area contributed by atoms with Crippen LogP contribution < -0.4 is 15.0 Å². The quantitative estimate of drug-likeness (QED) is 0.567. The van der Waals surface area contributed by atoms with Gasteiger partial charge < -0.3 is 24.8 Å². The number of benzene rings is 2. The van der Waals surface area contributed by atoms with E-state index < -0.39 is 0 Å². The first kappa shape index (κ1) is 24.3. The van der Waals surface area contributed by atoms with Gasteiger partial charge in [-0.3, -0.25) is 0 Å². The number of piperazine rings is 1. The summed E-state index contributed by atoms with van der Waals surface area (Å²) in [7, 11) is 2.18. The molecule has 2 aliphatic rings. The molecular formula is C28H36N6O2. The van der Waals surface area contributed by atoms with E-state index in [0.29, 0.717) is 19.0 Å². The van der Waals surface area contributed by atoms with Crippen LogP contribution in [-0.2, 0) is 0 Å². The Kier molecular flexibility index (Phi) is 7.23. The zero-order chi connectivity index (χ0) is 25.1. The van der Waals surface area contributed by atoms with E-state index in [4.69, 9.17) is 9.72 Å². The highest BCUT2D eigenvalue weighted by Gasteiger charge is 2.26. The smallest absolute Gasteiger partial charge is 0.321 e. The molecule has 2 aliphatic heterocycles. The van der Waals surface area contributed by atoms with Crippen LogP contribution in [0.2, 0.25) is 0 Å². The van der Waals surface area contributed by atoms with Gasteiger partial charge >= 0.3 is 6.03 Å². The molecule has 2 aromatic carbocycles. The number of likely N-dealkylation sites (tertiary alicyclic amines) is 1. The third kappa shape index (κ3) is 5.54. The highest BCUT2D eigenvalue weighted by molar-refractivity contribution is 5.89. The van der Waals surface area contributed by atoms with Crippen LogP contribution >= 0.6 is 0 Å². The van der Waals surface area contributed by atoms with Crippen molar-refractivity contribution in [3.8, 4) is 5.75 Å². The number of hydrogen-bond donors (Lipinski definition) is 1. The number of fused-ring (bicyclic) bond motifs is 1. The fourth-order valence-corrected chi connectivity index (χ4v) is 5.10. The third-order valence-corrected chi connectivity index (χ3v) is 7.16. The molecule has 0 saturated carbocycles. The molecule has 0 spiro atoms. The van der Waals surface area contributed by atoms with Gasteiger partial charge in [-0.1, -0.05) is 0 Å². The van der Waals surface area contributed by atoms with E-state index in [9.17, 15) is 4.79 Å². The van der Waals surface area contributed by atoms with E-state index >= 15 is 0 Å². The van der Waals surface area contributed by atoms with E-state index in [2.05, 4.69) is 45.3 Å². The lowest BCUT2D eigenvalue weighted by atomic mass is 9.91. The van der Waals surface area contributed by atoms with Crippen LogP contribution in [-0.4, -0.2) is 78.2 Å². The lowest BCUT2D eigenvalue weighted by molar-refractivity contribution is 0.194. The summed E-state index contributed by atoms with van der Waals surface area (Å²) in [6, 6.07) is 14.0. The van der Waals surface area contributed by atoms with Crippen molar-refractivity contribution in [2.45, 2.75) is 38.7 Å². The molecule has 0 bridgehead atoms. The van der Waals surface area contributed by atoms with Gasteiger partial charge in [0.25, 0.3) is 0 Å². The Morgan fingerprint density at radius 3 is 2.39 bits per heavy atom. The second-order valence-electron chi connectivity index (χ2n) is 10.1. The lowest BCUT2D eigenvalue weighted by Crippen LogP contribution is -2.44. The minimum Gasteiger partial charge on any atom is -0.491 e. The van der Waals surface area contributed by atoms with Gasteiger partial charge in [0, 0.05) is 61.9 Å². The summed E-state index contributed by atoms with van der Waals surface area (Å²) in [5.74, 6) is 1.12. The summed E-state index contributed by atoms with van der Waals surface area (Å²) in [6.07, 6.45) is 3.58. The molecule has 2 fully saturated rings. The maximum atomic E-state index is 12.9. The fourth-order valence-electron chi connectivity index (χ4n) is 5.10. The fraction of sp³-hybridized carbons (Fsp3) is 0.464. The van der Waals surface area contributed by atoms with Crippen molar-refractivity contribution in [3.05, 3.63) is 54.5 Å². The van der Waals surface area contributed by atoms with Gasteiger partial charge in [-0.2, -0.15) is 0 Å². The first-order chi connectivity index (χ1) is 17.5. The molecular weight excluding hydrogens is 452 g/mol. The molecule has 0 aliphatic carbocycles. The number of amides is 2. The number of nitrogens with zero attached hydrogens (tertiary/aromatic N) is 5. The number of rotatable bonds is 5. The first-order valence-electron chi connectivity index (χ1n) is 13.0. The molecule has 0 radical (unpaired) electrons. The summed E-state index contributed by atoms with van der Waals surface area (Å²) < 4.78 is 5.68. The van der Waals surface area contributed by atoms with Gasteiger partial charge in [0.2, 0.25) is 0 Å². The SMILES string of the molecule is CC(C)Oc1ccc(NC(=O)N2CCC(c3ncnc4ccc(N5CCN(C)CC5)cc34)CC2)cc1. The van der Waals surface area contributed by atoms with Crippen LogP contribution in [0.5, 0.6) is 5.75 Å². The van der Waals surface area contributed by atoms with E-state index in [0.717, 1.165) is 67.1 Å². The summed E-state index contributed by atoms with van der Waals surface area (Å²) in [4.78, 5) is 28.8. The zero-order valence-corrected chi connectivity index (χ0v) is 21.5. The van der Waals surface area contributed by atoms with Crippen molar-refractivity contribution in [1.29, 1.82) is 0 Å². The second kappa shape index (κ2) is 10.7. The van der Waals surface area contributed by atoms with Crippen molar-refractivity contribution >= 4 is 28.3 Å². The Hall–Kier alpha value is -3.39. The second-order valence-corrected chi connectivity index (χ2v) is 10.1. The number of anilines is 2. The lowest BCUT2D eigenvalue weighted by Gasteiger charge is -2.34. The molecule has 0 atom stereocenters. The minimum atomic E-state index is -0.0594. The molecule has 8 nitrogen and oxygen atoms in total. The number of nitrogens with one attached hydrogen (secondary N) is 1. The monoisotopic (exact) mass is 488 g/mol.